The quantitative estimate of drug-likeness (QED) is 0.671. The first kappa shape index (κ1) is 6.85. The molecule has 0 fully saturated rings. The minimum Gasteiger partial charge on any atom is -0.307 e. The van der Waals surface area contributed by atoms with Crippen LogP contribution in [-0.4, -0.2) is 11.0 Å². The van der Waals surface area contributed by atoms with Crippen LogP contribution in [0.2, 0.25) is 0 Å². The summed E-state index contributed by atoms with van der Waals surface area (Å²) in [6, 6.07) is 1.62. The van der Waals surface area contributed by atoms with Crippen LogP contribution in [0.5, 0.6) is 0 Å². The molecule has 0 aromatic carbocycles. The van der Waals surface area contributed by atoms with E-state index in [2.05, 4.69) is 15.6 Å². The Labute approximate surface area is 77.6 Å². The van der Waals surface area contributed by atoms with E-state index in [1.54, 1.807) is 12.3 Å². The van der Waals surface area contributed by atoms with Crippen molar-refractivity contribution in [1.29, 1.82) is 0 Å². The second-order valence-electron chi connectivity index (χ2n) is 2.77. The van der Waals surface area contributed by atoms with E-state index in [0.717, 1.165) is 21.6 Å². The summed E-state index contributed by atoms with van der Waals surface area (Å²) in [5.74, 6) is 0. The Balaban J connectivity index is 2.44. The van der Waals surface area contributed by atoms with E-state index in [0.29, 0.717) is 0 Å². The van der Waals surface area contributed by atoms with Crippen LogP contribution < -0.4 is 10.6 Å². The van der Waals surface area contributed by atoms with Gasteiger partial charge in [0.1, 0.15) is 4.83 Å². The van der Waals surface area contributed by atoms with Gasteiger partial charge in [-0.05, 0) is 6.07 Å². The molecule has 2 amide bonds. The average molecular weight is 191 g/mol. The van der Waals surface area contributed by atoms with E-state index in [9.17, 15) is 4.79 Å². The summed E-state index contributed by atoms with van der Waals surface area (Å²) in [5, 5.41) is 8.36. The Kier molecular flexibility index (Phi) is 1.16. The van der Waals surface area contributed by atoms with Crippen LogP contribution in [-0.2, 0) is 0 Å². The molecule has 2 N–H and O–H groups in total. The van der Waals surface area contributed by atoms with Gasteiger partial charge in [-0.15, -0.1) is 11.3 Å². The highest BCUT2D eigenvalue weighted by Gasteiger charge is 2.17. The Morgan fingerprint density at radius 2 is 2.15 bits per heavy atom. The molecule has 3 heterocycles. The van der Waals surface area contributed by atoms with Gasteiger partial charge >= 0.3 is 6.03 Å². The van der Waals surface area contributed by atoms with Crippen molar-refractivity contribution in [2.24, 2.45) is 0 Å². The second kappa shape index (κ2) is 2.20. The van der Waals surface area contributed by atoms with Gasteiger partial charge in [0.2, 0.25) is 0 Å². The van der Waals surface area contributed by atoms with Crippen molar-refractivity contribution < 1.29 is 4.79 Å². The number of aromatic nitrogens is 1. The molecule has 0 saturated carbocycles. The summed E-state index contributed by atoms with van der Waals surface area (Å²) in [6.45, 7) is 0. The summed E-state index contributed by atoms with van der Waals surface area (Å²) in [7, 11) is 0. The Morgan fingerprint density at radius 3 is 3.08 bits per heavy atom. The second-order valence-corrected chi connectivity index (χ2v) is 3.63. The van der Waals surface area contributed by atoms with Gasteiger partial charge < -0.3 is 10.6 Å². The van der Waals surface area contributed by atoms with Crippen molar-refractivity contribution >= 4 is 39.0 Å². The van der Waals surface area contributed by atoms with Crippen LogP contribution >= 0.6 is 11.3 Å². The van der Waals surface area contributed by atoms with E-state index < -0.39 is 0 Å². The highest BCUT2D eigenvalue weighted by molar-refractivity contribution is 7.17. The molecule has 64 valence electrons. The molecule has 0 spiro atoms. The van der Waals surface area contributed by atoms with E-state index in [-0.39, 0.29) is 6.03 Å². The predicted molar refractivity (Wildman–Crippen MR) is 52.3 cm³/mol. The first-order chi connectivity index (χ1) is 6.34. The van der Waals surface area contributed by atoms with Crippen molar-refractivity contribution in [3.63, 3.8) is 0 Å². The number of pyridine rings is 1. The molecular formula is C8H5N3OS. The summed E-state index contributed by atoms with van der Waals surface area (Å²) < 4.78 is 0. The molecule has 0 radical (unpaired) electrons. The minimum absolute atomic E-state index is 0.182. The fraction of sp³-hybridized carbons (Fsp3) is 0. The third-order valence-electron chi connectivity index (χ3n) is 1.97. The average Bonchev–Trinajstić information content (AvgIpc) is 2.50. The van der Waals surface area contributed by atoms with Gasteiger partial charge in [-0.3, -0.25) is 0 Å². The number of anilines is 2. The van der Waals surface area contributed by atoms with E-state index in [1.807, 2.05) is 5.38 Å². The lowest BCUT2D eigenvalue weighted by Gasteiger charge is -2.14. The van der Waals surface area contributed by atoms with Gasteiger partial charge in [-0.1, -0.05) is 0 Å². The number of rotatable bonds is 0. The molecule has 13 heavy (non-hydrogen) atoms. The summed E-state index contributed by atoms with van der Waals surface area (Å²) >= 11 is 1.53. The van der Waals surface area contributed by atoms with E-state index in [1.165, 1.54) is 11.3 Å². The zero-order valence-corrected chi connectivity index (χ0v) is 7.31. The zero-order valence-electron chi connectivity index (χ0n) is 6.50. The summed E-state index contributed by atoms with van der Waals surface area (Å²) in [6.07, 6.45) is 1.70. The standard InChI is InChI=1S/C8H5N3OS/c12-8-10-4-1-2-9-7-6(4)5(11-8)3-13-7/h1-3H,(H2,10,11,12). The van der Waals surface area contributed by atoms with Crippen LogP contribution in [0.4, 0.5) is 16.2 Å². The van der Waals surface area contributed by atoms with Crippen LogP contribution in [0.3, 0.4) is 0 Å². The number of nitrogens with zero attached hydrogens (tertiary/aromatic N) is 1. The van der Waals surface area contributed by atoms with Crippen LogP contribution in [0.25, 0.3) is 10.2 Å². The molecule has 4 nitrogen and oxygen atoms in total. The van der Waals surface area contributed by atoms with Crippen molar-refractivity contribution in [3.05, 3.63) is 17.6 Å². The Bertz CT molecular complexity index is 505. The maximum Gasteiger partial charge on any atom is 0.323 e. The van der Waals surface area contributed by atoms with Gasteiger partial charge in [-0.25, -0.2) is 9.78 Å². The van der Waals surface area contributed by atoms with Crippen molar-refractivity contribution in [2.75, 3.05) is 10.6 Å². The van der Waals surface area contributed by atoms with Crippen molar-refractivity contribution in [2.45, 2.75) is 0 Å². The highest BCUT2D eigenvalue weighted by atomic mass is 32.1. The lowest BCUT2D eigenvalue weighted by atomic mass is 10.2. The third-order valence-corrected chi connectivity index (χ3v) is 2.86. The Morgan fingerprint density at radius 1 is 1.31 bits per heavy atom. The number of hydrogen-bond acceptors (Lipinski definition) is 3. The van der Waals surface area contributed by atoms with E-state index in [4.69, 9.17) is 0 Å². The SMILES string of the molecule is O=C1Nc2ccnc3scc(c23)N1. The fourth-order valence-corrected chi connectivity index (χ4v) is 2.30. The minimum atomic E-state index is -0.182. The molecule has 0 aliphatic carbocycles. The number of urea groups is 1. The van der Waals surface area contributed by atoms with E-state index >= 15 is 0 Å². The molecule has 0 unspecified atom stereocenters. The van der Waals surface area contributed by atoms with Gasteiger partial charge in [0.15, 0.2) is 0 Å². The lowest BCUT2D eigenvalue weighted by Crippen LogP contribution is -2.22. The molecule has 2 aromatic heterocycles. The summed E-state index contributed by atoms with van der Waals surface area (Å²) in [5.41, 5.74) is 1.69. The molecular weight excluding hydrogens is 186 g/mol. The lowest BCUT2D eigenvalue weighted by molar-refractivity contribution is 0.262. The van der Waals surface area contributed by atoms with Crippen molar-refractivity contribution in [1.82, 2.24) is 4.98 Å². The molecule has 0 atom stereocenters. The van der Waals surface area contributed by atoms with Crippen LogP contribution in [0.1, 0.15) is 0 Å². The molecule has 0 saturated heterocycles. The van der Waals surface area contributed by atoms with Crippen LogP contribution in [0.15, 0.2) is 17.6 Å². The molecule has 2 aromatic rings. The predicted octanol–water partition coefficient (Wildman–Crippen LogP) is 2.25. The third kappa shape index (κ3) is 0.844. The summed E-state index contributed by atoms with van der Waals surface area (Å²) in [4.78, 5) is 16.3. The number of nitrogens with one attached hydrogen (secondary N) is 2. The highest BCUT2D eigenvalue weighted by Crippen LogP contribution is 2.36. The first-order valence-corrected chi connectivity index (χ1v) is 4.67. The first-order valence-electron chi connectivity index (χ1n) is 3.79. The van der Waals surface area contributed by atoms with Gasteiger partial charge in [0, 0.05) is 11.6 Å². The smallest absolute Gasteiger partial charge is 0.307 e. The topological polar surface area (TPSA) is 54.0 Å². The molecule has 3 rings (SSSR count). The molecule has 1 aliphatic heterocycles. The molecule has 5 heteroatoms. The number of thiophene rings is 1. The van der Waals surface area contributed by atoms with Gasteiger partial charge in [0.25, 0.3) is 0 Å². The zero-order chi connectivity index (χ0) is 8.84. The van der Waals surface area contributed by atoms with Gasteiger partial charge in [-0.2, -0.15) is 0 Å². The maximum absolute atomic E-state index is 11.1. The normalized spacial score (nSPS) is 14.0. The monoisotopic (exact) mass is 191 g/mol. The number of amides is 2. The maximum atomic E-state index is 11.1. The van der Waals surface area contributed by atoms with Crippen LogP contribution in [0, 0.1) is 0 Å². The molecule has 1 aliphatic rings. The number of carbonyl (C=O) groups excluding carboxylic acids is 1. The van der Waals surface area contributed by atoms with Crippen molar-refractivity contribution in [3.8, 4) is 0 Å². The fourth-order valence-electron chi connectivity index (χ4n) is 1.44. The largest absolute Gasteiger partial charge is 0.323 e. The number of hydrogen-bond donors (Lipinski definition) is 2. The Hall–Kier alpha value is -1.62. The number of carbonyl (C=O) groups is 1. The molecule has 0 bridgehead atoms. The van der Waals surface area contributed by atoms with Gasteiger partial charge in [0.05, 0.1) is 16.8 Å².